The number of benzene rings is 1. The fraction of sp³-hybridized carbons (Fsp3) is 0.619. The van der Waals surface area contributed by atoms with Gasteiger partial charge in [0, 0.05) is 0 Å². The van der Waals surface area contributed by atoms with Crippen LogP contribution in [0.4, 0.5) is 8.78 Å². The summed E-state index contributed by atoms with van der Waals surface area (Å²) in [4.78, 5) is 0. The van der Waals surface area contributed by atoms with E-state index in [4.69, 9.17) is 0 Å². The van der Waals surface area contributed by atoms with Crippen molar-refractivity contribution in [3.63, 3.8) is 0 Å². The Morgan fingerprint density at radius 3 is 2.52 bits per heavy atom. The maximum Gasteiger partial charge on any atom is 0.126 e. The van der Waals surface area contributed by atoms with E-state index in [1.54, 1.807) is 6.07 Å². The largest absolute Gasteiger partial charge is 0.216 e. The Hall–Kier alpha value is -1.18. The van der Waals surface area contributed by atoms with Crippen molar-refractivity contribution in [1.29, 1.82) is 0 Å². The normalized spacial score (nSPS) is 21.9. The number of unbranched alkanes of at least 4 members (excludes halogenated alkanes) is 3. The molecule has 1 saturated carbocycles. The van der Waals surface area contributed by atoms with Gasteiger partial charge in [-0.05, 0) is 61.1 Å². The van der Waals surface area contributed by atoms with E-state index in [1.165, 1.54) is 63.9 Å². The highest BCUT2D eigenvalue weighted by Crippen LogP contribution is 2.38. The molecule has 0 spiro atoms. The van der Waals surface area contributed by atoms with Crippen LogP contribution in [-0.2, 0) is 6.42 Å². The first-order valence-corrected chi connectivity index (χ1v) is 9.28. The van der Waals surface area contributed by atoms with Gasteiger partial charge in [0.15, 0.2) is 0 Å². The molecule has 1 aliphatic carbocycles. The Bertz CT molecular complexity index is 485. The quantitative estimate of drug-likeness (QED) is 0.448. The third-order valence-electron chi connectivity index (χ3n) is 5.29. The van der Waals surface area contributed by atoms with Crippen molar-refractivity contribution in [2.45, 2.75) is 77.0 Å². The van der Waals surface area contributed by atoms with Gasteiger partial charge in [-0.2, -0.15) is 0 Å². The van der Waals surface area contributed by atoms with E-state index in [-0.39, 0.29) is 5.82 Å². The molecule has 0 aromatic heterocycles. The van der Waals surface area contributed by atoms with Crippen molar-refractivity contribution in [2.24, 2.45) is 5.92 Å². The molecular weight excluding hydrogens is 290 g/mol. The zero-order chi connectivity index (χ0) is 16.5. The van der Waals surface area contributed by atoms with Crippen molar-refractivity contribution < 1.29 is 8.78 Å². The molecule has 0 amide bonds. The molecule has 0 unspecified atom stereocenters. The molecule has 0 bridgehead atoms. The number of hydrogen-bond acceptors (Lipinski definition) is 0. The molecule has 0 heterocycles. The summed E-state index contributed by atoms with van der Waals surface area (Å²) in [6, 6.07) is 5.53. The van der Waals surface area contributed by atoms with Gasteiger partial charge >= 0.3 is 0 Å². The van der Waals surface area contributed by atoms with Gasteiger partial charge < -0.3 is 0 Å². The first kappa shape index (κ1) is 18.2. The summed E-state index contributed by atoms with van der Waals surface area (Å²) in [6.07, 6.45) is 13.9. The molecule has 1 aromatic rings. The van der Waals surface area contributed by atoms with E-state index < -0.39 is 0 Å². The van der Waals surface area contributed by atoms with Crippen molar-refractivity contribution in [1.82, 2.24) is 0 Å². The van der Waals surface area contributed by atoms with Crippen LogP contribution in [0, 0.1) is 11.7 Å². The standard InChI is InChI=1S/C21H30F2/c1-2-3-4-5-7-17-9-11-18(12-10-17)20-14-13-19(8-6-15-22)21(23)16-20/h6,13-18H,2-5,7-12H2,1H3/b15-6+/t17-,18-. The van der Waals surface area contributed by atoms with Gasteiger partial charge in [0.1, 0.15) is 5.82 Å². The monoisotopic (exact) mass is 320 g/mol. The molecule has 0 N–H and O–H groups in total. The molecule has 0 aliphatic heterocycles. The minimum absolute atomic E-state index is 0.192. The molecule has 23 heavy (non-hydrogen) atoms. The van der Waals surface area contributed by atoms with Crippen LogP contribution in [0.1, 0.15) is 81.8 Å². The van der Waals surface area contributed by atoms with Crippen LogP contribution < -0.4 is 0 Å². The second kappa shape index (κ2) is 9.85. The van der Waals surface area contributed by atoms with Crippen LogP contribution >= 0.6 is 0 Å². The lowest BCUT2D eigenvalue weighted by Gasteiger charge is -2.29. The molecule has 1 aromatic carbocycles. The van der Waals surface area contributed by atoms with Gasteiger partial charge in [-0.25, -0.2) is 8.78 Å². The maximum atomic E-state index is 14.1. The maximum absolute atomic E-state index is 14.1. The topological polar surface area (TPSA) is 0 Å². The number of allylic oxidation sites excluding steroid dienone is 1. The molecular formula is C21H30F2. The van der Waals surface area contributed by atoms with Gasteiger partial charge in [-0.15, -0.1) is 0 Å². The van der Waals surface area contributed by atoms with Crippen LogP contribution in [0.3, 0.4) is 0 Å². The molecule has 1 fully saturated rings. The van der Waals surface area contributed by atoms with Crippen LogP contribution in [-0.4, -0.2) is 0 Å². The lowest BCUT2D eigenvalue weighted by molar-refractivity contribution is 0.302. The fourth-order valence-corrected chi connectivity index (χ4v) is 3.80. The van der Waals surface area contributed by atoms with Gasteiger partial charge in [0.2, 0.25) is 0 Å². The predicted molar refractivity (Wildman–Crippen MR) is 93.8 cm³/mol. The molecule has 0 nitrogen and oxygen atoms in total. The van der Waals surface area contributed by atoms with Crippen molar-refractivity contribution in [3.8, 4) is 0 Å². The Kier molecular flexibility index (Phi) is 7.78. The highest BCUT2D eigenvalue weighted by molar-refractivity contribution is 5.28. The Labute approximate surface area is 140 Å². The van der Waals surface area contributed by atoms with Crippen molar-refractivity contribution in [3.05, 3.63) is 47.5 Å². The van der Waals surface area contributed by atoms with E-state index in [2.05, 4.69) is 6.92 Å². The summed E-state index contributed by atoms with van der Waals surface area (Å²) in [5.41, 5.74) is 1.70. The number of hydrogen-bond donors (Lipinski definition) is 0. The zero-order valence-electron chi connectivity index (χ0n) is 14.4. The Morgan fingerprint density at radius 2 is 1.87 bits per heavy atom. The second-order valence-corrected chi connectivity index (χ2v) is 6.98. The molecule has 0 radical (unpaired) electrons. The van der Waals surface area contributed by atoms with E-state index in [0.717, 1.165) is 11.5 Å². The van der Waals surface area contributed by atoms with Gasteiger partial charge in [0.05, 0.1) is 6.33 Å². The van der Waals surface area contributed by atoms with E-state index in [0.29, 0.717) is 24.2 Å². The number of rotatable bonds is 8. The first-order valence-electron chi connectivity index (χ1n) is 9.28. The third kappa shape index (κ3) is 5.75. The minimum Gasteiger partial charge on any atom is -0.216 e. The van der Waals surface area contributed by atoms with Crippen LogP contribution in [0.5, 0.6) is 0 Å². The fourth-order valence-electron chi connectivity index (χ4n) is 3.80. The average Bonchev–Trinajstić information content (AvgIpc) is 2.58. The average molecular weight is 320 g/mol. The lowest BCUT2D eigenvalue weighted by Crippen LogP contribution is -2.13. The molecule has 1 aliphatic rings. The van der Waals surface area contributed by atoms with Crippen LogP contribution in [0.2, 0.25) is 0 Å². The second-order valence-electron chi connectivity index (χ2n) is 6.98. The van der Waals surface area contributed by atoms with Crippen molar-refractivity contribution >= 4 is 0 Å². The summed E-state index contributed by atoms with van der Waals surface area (Å²) in [6.45, 7) is 2.25. The molecule has 128 valence electrons. The van der Waals surface area contributed by atoms with Gasteiger partial charge in [-0.3, -0.25) is 0 Å². The highest BCUT2D eigenvalue weighted by atomic mass is 19.1. The smallest absolute Gasteiger partial charge is 0.126 e. The van der Waals surface area contributed by atoms with Crippen LogP contribution in [0.25, 0.3) is 0 Å². The molecule has 0 atom stereocenters. The van der Waals surface area contributed by atoms with E-state index in [9.17, 15) is 8.78 Å². The predicted octanol–water partition coefficient (Wildman–Crippen LogP) is 7.10. The summed E-state index contributed by atoms with van der Waals surface area (Å²) >= 11 is 0. The lowest BCUT2D eigenvalue weighted by atomic mass is 9.77. The Morgan fingerprint density at radius 1 is 1.09 bits per heavy atom. The van der Waals surface area contributed by atoms with E-state index in [1.807, 2.05) is 12.1 Å². The zero-order valence-corrected chi connectivity index (χ0v) is 14.4. The van der Waals surface area contributed by atoms with Gasteiger partial charge in [0.25, 0.3) is 0 Å². The summed E-state index contributed by atoms with van der Waals surface area (Å²) in [5, 5.41) is 0. The summed E-state index contributed by atoms with van der Waals surface area (Å²) < 4.78 is 26.1. The van der Waals surface area contributed by atoms with Crippen molar-refractivity contribution in [2.75, 3.05) is 0 Å². The SMILES string of the molecule is CCCCCC[C@H]1CC[C@H](c2ccc(C/C=C/F)c(F)c2)CC1. The van der Waals surface area contributed by atoms with Crippen LogP contribution in [0.15, 0.2) is 30.6 Å². The summed E-state index contributed by atoms with van der Waals surface area (Å²) in [5.74, 6) is 1.19. The molecule has 2 heteroatoms. The highest BCUT2D eigenvalue weighted by Gasteiger charge is 2.22. The third-order valence-corrected chi connectivity index (χ3v) is 5.29. The first-order chi connectivity index (χ1) is 11.2. The minimum atomic E-state index is -0.192. The van der Waals surface area contributed by atoms with Gasteiger partial charge in [-0.1, -0.05) is 57.2 Å². The van der Waals surface area contributed by atoms with E-state index >= 15 is 0 Å². The molecule has 0 saturated heterocycles. The Balaban J connectivity index is 1.81. The number of halogens is 2. The molecule has 2 rings (SSSR count). The summed E-state index contributed by atoms with van der Waals surface area (Å²) in [7, 11) is 0.